The van der Waals surface area contributed by atoms with E-state index >= 15 is 0 Å². The lowest BCUT2D eigenvalue weighted by Gasteiger charge is -2.37. The van der Waals surface area contributed by atoms with E-state index in [1.165, 1.54) is 6.92 Å². The van der Waals surface area contributed by atoms with Crippen molar-refractivity contribution in [1.29, 1.82) is 0 Å². The maximum atomic E-state index is 10.1. The molecule has 0 saturated carbocycles. The molecule has 130 valence electrons. The number of aliphatic hydroxyl groups is 4. The summed E-state index contributed by atoms with van der Waals surface area (Å²) in [5, 5.41) is 36.5. The van der Waals surface area contributed by atoms with Crippen LogP contribution in [0, 0.1) is 0 Å². The van der Waals surface area contributed by atoms with Crippen molar-refractivity contribution >= 4 is 12.6 Å². The summed E-state index contributed by atoms with van der Waals surface area (Å²) in [5.41, 5.74) is 0. The first-order chi connectivity index (χ1) is 10.1. The minimum atomic E-state index is -1.16. The van der Waals surface area contributed by atoms with Gasteiger partial charge in [-0.05, 0) is 27.7 Å². The molecule has 0 amide bonds. The zero-order valence-corrected chi connectivity index (χ0v) is 13.2. The molecule has 1 rings (SSSR count). The number of aldehydes is 2. The first kappa shape index (κ1) is 21.1. The van der Waals surface area contributed by atoms with Gasteiger partial charge in [0.2, 0.25) is 0 Å². The van der Waals surface area contributed by atoms with E-state index in [-0.39, 0.29) is 0 Å². The van der Waals surface area contributed by atoms with Crippen LogP contribution in [-0.4, -0.2) is 81.8 Å². The Bertz CT molecular complexity index is 323. The van der Waals surface area contributed by atoms with Crippen LogP contribution in [0.4, 0.5) is 0 Å². The maximum absolute atomic E-state index is 10.1. The quantitative estimate of drug-likeness (QED) is 0.445. The van der Waals surface area contributed by atoms with Crippen molar-refractivity contribution in [2.45, 2.75) is 76.5 Å². The van der Waals surface area contributed by atoms with E-state index < -0.39 is 48.8 Å². The molecule has 1 saturated heterocycles. The lowest BCUT2D eigenvalue weighted by atomic mass is 9.97. The van der Waals surface area contributed by atoms with E-state index in [1.54, 1.807) is 20.8 Å². The van der Waals surface area contributed by atoms with Gasteiger partial charge in [0.05, 0.1) is 18.3 Å². The van der Waals surface area contributed by atoms with Crippen molar-refractivity contribution in [3.8, 4) is 0 Å². The Kier molecular flexibility index (Phi) is 9.58. The summed E-state index contributed by atoms with van der Waals surface area (Å²) in [7, 11) is 0. The monoisotopic (exact) mass is 322 g/mol. The molecule has 0 aliphatic carbocycles. The highest BCUT2D eigenvalue weighted by molar-refractivity contribution is 5.57. The van der Waals surface area contributed by atoms with Crippen LogP contribution in [0.2, 0.25) is 0 Å². The van der Waals surface area contributed by atoms with Crippen LogP contribution in [0.15, 0.2) is 0 Å². The molecule has 0 aromatic carbocycles. The molecule has 0 aromatic rings. The third kappa shape index (κ3) is 6.47. The number of rotatable bonds is 5. The van der Waals surface area contributed by atoms with Gasteiger partial charge in [-0.3, -0.25) is 0 Å². The van der Waals surface area contributed by atoms with Crippen LogP contribution in [0.3, 0.4) is 0 Å². The summed E-state index contributed by atoms with van der Waals surface area (Å²) in [6.45, 7) is 6.40. The number of carbonyl (C=O) groups excluding carboxylic acids is 2. The average molecular weight is 322 g/mol. The molecule has 8 nitrogen and oxygen atoms in total. The molecule has 0 aromatic heterocycles. The minimum Gasteiger partial charge on any atom is -0.388 e. The zero-order chi connectivity index (χ0) is 17.4. The third-order valence-corrected chi connectivity index (χ3v) is 3.33. The summed E-state index contributed by atoms with van der Waals surface area (Å²) in [6.07, 6.45) is -5.27. The second-order valence-corrected chi connectivity index (χ2v) is 5.33. The van der Waals surface area contributed by atoms with Gasteiger partial charge in [-0.25, -0.2) is 0 Å². The van der Waals surface area contributed by atoms with Crippen LogP contribution in [0.5, 0.6) is 0 Å². The van der Waals surface area contributed by atoms with Crippen molar-refractivity contribution in [2.75, 3.05) is 0 Å². The Balaban J connectivity index is 0.000000401. The molecule has 0 spiro atoms. The van der Waals surface area contributed by atoms with Crippen molar-refractivity contribution in [1.82, 2.24) is 0 Å². The molecule has 1 aliphatic rings. The van der Waals surface area contributed by atoms with Crippen molar-refractivity contribution < 1.29 is 39.5 Å². The van der Waals surface area contributed by atoms with Gasteiger partial charge in [0.15, 0.2) is 6.29 Å². The molecular formula is C14H26O8. The fraction of sp³-hybridized carbons (Fsp3) is 0.857. The second kappa shape index (κ2) is 9.98. The van der Waals surface area contributed by atoms with E-state index in [4.69, 9.17) is 14.6 Å². The average Bonchev–Trinajstić information content (AvgIpc) is 2.50. The van der Waals surface area contributed by atoms with Crippen LogP contribution in [0.25, 0.3) is 0 Å². The normalized spacial score (nSPS) is 35.5. The van der Waals surface area contributed by atoms with Gasteiger partial charge in [0.25, 0.3) is 0 Å². The van der Waals surface area contributed by atoms with Crippen LogP contribution in [0.1, 0.15) is 27.7 Å². The predicted octanol–water partition coefficient (Wildman–Crippen LogP) is -1.58. The number of carbonyl (C=O) groups is 2. The van der Waals surface area contributed by atoms with Gasteiger partial charge in [0.1, 0.15) is 36.8 Å². The van der Waals surface area contributed by atoms with E-state index in [1.807, 2.05) is 0 Å². The number of hydrogen-bond acceptors (Lipinski definition) is 8. The topological polar surface area (TPSA) is 134 Å². The van der Waals surface area contributed by atoms with E-state index in [0.29, 0.717) is 12.6 Å². The van der Waals surface area contributed by atoms with Crippen LogP contribution < -0.4 is 0 Å². The number of hydrogen-bond donors (Lipinski definition) is 4. The Morgan fingerprint density at radius 3 is 1.77 bits per heavy atom. The highest BCUT2D eigenvalue weighted by atomic mass is 16.5. The summed E-state index contributed by atoms with van der Waals surface area (Å²) >= 11 is 0. The van der Waals surface area contributed by atoms with Gasteiger partial charge in [0, 0.05) is 0 Å². The maximum Gasteiger partial charge on any atom is 0.151 e. The fourth-order valence-electron chi connectivity index (χ4n) is 1.82. The minimum absolute atomic E-state index is 0.377. The molecular weight excluding hydrogens is 296 g/mol. The standard InChI is InChI=1S/C7H14O4.C7H12O4/c1-3-5(8)7(10)6(9)4(2)11-3;1-5(3-8)11-6(2)7(10)4-9/h3-10H,1-2H3;3-7,10H,1-2H3/t3-,4?,5?,6?,7?;5-,6?,7?/m00/s1. The van der Waals surface area contributed by atoms with Gasteiger partial charge < -0.3 is 39.5 Å². The molecule has 1 aliphatic heterocycles. The molecule has 0 bridgehead atoms. The van der Waals surface area contributed by atoms with Crippen molar-refractivity contribution in [2.24, 2.45) is 0 Å². The highest BCUT2D eigenvalue weighted by Gasteiger charge is 2.39. The zero-order valence-electron chi connectivity index (χ0n) is 13.2. The van der Waals surface area contributed by atoms with E-state index in [9.17, 15) is 24.9 Å². The van der Waals surface area contributed by atoms with Gasteiger partial charge in [-0.2, -0.15) is 0 Å². The van der Waals surface area contributed by atoms with E-state index in [0.717, 1.165) is 0 Å². The van der Waals surface area contributed by atoms with Gasteiger partial charge in [-0.15, -0.1) is 0 Å². The molecule has 1 fully saturated rings. The molecule has 8 atom stereocenters. The lowest BCUT2D eigenvalue weighted by molar-refractivity contribution is -0.211. The highest BCUT2D eigenvalue weighted by Crippen LogP contribution is 2.19. The molecule has 6 unspecified atom stereocenters. The van der Waals surface area contributed by atoms with Crippen LogP contribution in [-0.2, 0) is 19.1 Å². The number of ether oxygens (including phenoxy) is 2. The smallest absolute Gasteiger partial charge is 0.151 e. The Hall–Kier alpha value is -0.900. The SMILES string of the molecule is CC(O[C@@H](C)C=O)C(O)C=O.CC1O[C@@H](C)C(O)C(O)C1O. The lowest BCUT2D eigenvalue weighted by Crippen LogP contribution is -2.55. The molecule has 1 heterocycles. The van der Waals surface area contributed by atoms with Crippen LogP contribution >= 0.6 is 0 Å². The summed E-state index contributed by atoms with van der Waals surface area (Å²) in [4.78, 5) is 20.1. The summed E-state index contributed by atoms with van der Waals surface area (Å²) in [5.74, 6) is 0. The van der Waals surface area contributed by atoms with Gasteiger partial charge in [-0.1, -0.05) is 0 Å². The Morgan fingerprint density at radius 1 is 0.955 bits per heavy atom. The van der Waals surface area contributed by atoms with Gasteiger partial charge >= 0.3 is 0 Å². The van der Waals surface area contributed by atoms with Crippen molar-refractivity contribution in [3.05, 3.63) is 0 Å². The predicted molar refractivity (Wildman–Crippen MR) is 76.2 cm³/mol. The Labute approximate surface area is 129 Å². The molecule has 4 N–H and O–H groups in total. The fourth-order valence-corrected chi connectivity index (χ4v) is 1.82. The number of aliphatic hydroxyl groups excluding tert-OH is 4. The second-order valence-electron chi connectivity index (χ2n) is 5.33. The first-order valence-corrected chi connectivity index (χ1v) is 7.09. The third-order valence-electron chi connectivity index (χ3n) is 3.33. The van der Waals surface area contributed by atoms with E-state index in [2.05, 4.69) is 0 Å². The summed E-state index contributed by atoms with van der Waals surface area (Å²) in [6, 6.07) is 0. The first-order valence-electron chi connectivity index (χ1n) is 7.09. The molecule has 22 heavy (non-hydrogen) atoms. The van der Waals surface area contributed by atoms with Crippen molar-refractivity contribution in [3.63, 3.8) is 0 Å². The largest absolute Gasteiger partial charge is 0.388 e. The molecule has 8 heteroatoms. The Morgan fingerprint density at radius 2 is 1.41 bits per heavy atom. The summed E-state index contributed by atoms with van der Waals surface area (Å²) < 4.78 is 10.0. The molecule has 0 radical (unpaired) electrons.